The highest BCUT2D eigenvalue weighted by Gasteiger charge is 2.34. The van der Waals surface area contributed by atoms with Crippen LogP contribution in [0.2, 0.25) is 0 Å². The number of hydrogen-bond acceptors (Lipinski definition) is 10. The summed E-state index contributed by atoms with van der Waals surface area (Å²) in [6.07, 6.45) is 9.12. The number of hydrogen-bond donors (Lipinski definition) is 5. The molecule has 2 aromatic carbocycles. The predicted octanol–water partition coefficient (Wildman–Crippen LogP) is 5.52. The molecule has 0 radical (unpaired) electrons. The maximum absolute atomic E-state index is 14.5. The summed E-state index contributed by atoms with van der Waals surface area (Å²) in [4.78, 5) is 72.5. The van der Waals surface area contributed by atoms with Crippen LogP contribution in [0, 0.1) is 5.41 Å². The summed E-state index contributed by atoms with van der Waals surface area (Å²) >= 11 is 0. The third-order valence-electron chi connectivity index (χ3n) is 13.4. The van der Waals surface area contributed by atoms with Gasteiger partial charge in [0.1, 0.15) is 11.9 Å². The number of carbonyl (C=O) groups excluding carboxylic acids is 4. The van der Waals surface area contributed by atoms with Crippen molar-refractivity contribution >= 4 is 63.7 Å². The number of aryl methyl sites for hydroxylation is 2. The van der Waals surface area contributed by atoms with E-state index < -0.39 is 18.4 Å². The molecule has 4 aliphatic rings. The third kappa shape index (κ3) is 10.5. The van der Waals surface area contributed by atoms with Crippen molar-refractivity contribution in [3.05, 3.63) is 75.0 Å². The molecule has 7 rings (SSSR count). The van der Waals surface area contributed by atoms with Crippen molar-refractivity contribution in [3.63, 3.8) is 0 Å². The zero-order valence-electron chi connectivity index (χ0n) is 38.3. The number of amides is 4. The number of allylic oxidation sites excluding steroid dienone is 1. The minimum absolute atomic E-state index is 0.0837. The molecule has 1 aromatic heterocycles. The van der Waals surface area contributed by atoms with E-state index in [0.717, 1.165) is 74.9 Å². The lowest BCUT2D eigenvalue weighted by atomic mass is 9.91. The van der Waals surface area contributed by atoms with Gasteiger partial charge in [-0.15, -0.1) is 0 Å². The van der Waals surface area contributed by atoms with E-state index >= 15 is 0 Å². The number of benzene rings is 2. The van der Waals surface area contributed by atoms with E-state index in [0.29, 0.717) is 78.9 Å². The van der Waals surface area contributed by atoms with Gasteiger partial charge in [-0.25, -0.2) is 13.6 Å². The normalized spacial score (nSPS) is 18.7. The Morgan fingerprint density at radius 3 is 2.42 bits per heavy atom. The van der Waals surface area contributed by atoms with Crippen LogP contribution in [0.4, 0.5) is 20.2 Å². The maximum atomic E-state index is 14.5. The number of likely N-dealkylation sites (tertiary alicyclic amines) is 1. The van der Waals surface area contributed by atoms with E-state index in [1.165, 1.54) is 34.5 Å². The molecule has 3 aromatic rings. The van der Waals surface area contributed by atoms with Crippen molar-refractivity contribution in [3.8, 4) is 0 Å². The van der Waals surface area contributed by atoms with Gasteiger partial charge in [0.2, 0.25) is 23.6 Å². The highest BCUT2D eigenvalue weighted by atomic mass is 19.3. The second-order valence-corrected chi connectivity index (χ2v) is 17.8. The fourth-order valence-electron chi connectivity index (χ4n) is 9.77. The number of aliphatic imine (C=N–C) groups is 1. The smallest absolute Gasteiger partial charge is 0.329 e. The van der Waals surface area contributed by atoms with E-state index in [4.69, 9.17) is 5.73 Å². The minimum atomic E-state index is -2.77. The van der Waals surface area contributed by atoms with Gasteiger partial charge in [-0.2, -0.15) is 0 Å². The van der Waals surface area contributed by atoms with Gasteiger partial charge in [-0.1, -0.05) is 19.3 Å². The first kappa shape index (κ1) is 47.6. The maximum Gasteiger partial charge on any atom is 0.329 e. The largest absolute Gasteiger partial charge is 0.404 e. The first-order valence-corrected chi connectivity index (χ1v) is 23.3. The van der Waals surface area contributed by atoms with Gasteiger partial charge in [0, 0.05) is 125 Å². The van der Waals surface area contributed by atoms with Crippen molar-refractivity contribution in [1.29, 1.82) is 5.41 Å². The summed E-state index contributed by atoms with van der Waals surface area (Å²) in [5.41, 5.74) is 11.3. The summed E-state index contributed by atoms with van der Waals surface area (Å²) < 4.78 is 32.1. The van der Waals surface area contributed by atoms with Crippen molar-refractivity contribution in [2.24, 2.45) is 17.8 Å². The zero-order chi connectivity index (χ0) is 47.1. The van der Waals surface area contributed by atoms with Gasteiger partial charge >= 0.3 is 5.69 Å². The molecule has 1 atom stereocenters. The number of nitrogens with zero attached hydrogens (tertiary/aromatic N) is 6. The Kier molecular flexibility index (Phi) is 15.4. The lowest BCUT2D eigenvalue weighted by Crippen LogP contribution is -2.48. The van der Waals surface area contributed by atoms with Gasteiger partial charge in [0.15, 0.2) is 0 Å². The van der Waals surface area contributed by atoms with E-state index in [1.54, 1.807) is 30.0 Å². The van der Waals surface area contributed by atoms with Crippen LogP contribution in [0.5, 0.6) is 0 Å². The van der Waals surface area contributed by atoms with Gasteiger partial charge in [-0.05, 0) is 86.4 Å². The fourth-order valence-corrected chi connectivity index (χ4v) is 9.77. The first-order valence-electron chi connectivity index (χ1n) is 23.3. The molecule has 66 heavy (non-hydrogen) atoms. The molecule has 0 saturated carbocycles. The molecule has 16 nitrogen and oxygen atoms in total. The molecular weight excluding hydrogens is 849 g/mol. The molecule has 4 aliphatic heterocycles. The zero-order valence-corrected chi connectivity index (χ0v) is 38.3. The SMILES string of the molecule is CN=CC(=CN)c1cc2c(cc1C(F)F)N(C(=N)C1=C(NC3CCN(C(=O)CCCCCCCNc4ccc5c(c4)n(C)c(=O)n5C4CCC(=O)NC4=O)CC3)CCN(C(C)=O)C1)CCC2. The topological polar surface area (TPSA) is 203 Å². The molecular formula is C48H63F2N11O5. The Balaban J connectivity index is 0.871. The number of halogens is 2. The van der Waals surface area contributed by atoms with Crippen LogP contribution in [-0.2, 0) is 32.6 Å². The number of imide groups is 1. The van der Waals surface area contributed by atoms with E-state index in [2.05, 4.69) is 20.9 Å². The van der Waals surface area contributed by atoms with Crippen LogP contribution < -0.4 is 32.3 Å². The van der Waals surface area contributed by atoms with Gasteiger partial charge in [-0.3, -0.25) is 44.0 Å². The van der Waals surface area contributed by atoms with Crippen LogP contribution in [-0.4, -0.2) is 107 Å². The van der Waals surface area contributed by atoms with E-state index in [1.807, 2.05) is 23.1 Å². The number of imidazole rings is 1. The Hall–Kier alpha value is -6.33. The third-order valence-corrected chi connectivity index (χ3v) is 13.4. The van der Waals surface area contributed by atoms with E-state index in [-0.39, 0.29) is 60.2 Å². The summed E-state index contributed by atoms with van der Waals surface area (Å²) in [5.74, 6) is -0.514. The van der Waals surface area contributed by atoms with Crippen molar-refractivity contribution < 1.29 is 28.0 Å². The lowest BCUT2D eigenvalue weighted by molar-refractivity contribution is -0.136. The number of alkyl halides is 2. The number of amidine groups is 1. The number of fused-ring (bicyclic) bond motifs is 2. The minimum Gasteiger partial charge on any atom is -0.404 e. The number of unbranched alkanes of at least 4 members (excludes halogenated alkanes) is 4. The average Bonchev–Trinajstić information content (AvgIpc) is 3.55. The molecule has 0 bridgehead atoms. The molecule has 4 amide bonds. The highest BCUT2D eigenvalue weighted by molar-refractivity contribution is 6.12. The molecule has 354 valence electrons. The van der Waals surface area contributed by atoms with E-state index in [9.17, 15) is 38.2 Å². The standard InChI is InChI=1S/C48H63F2N11O5/c1-30(62)59-23-18-38(37(29-59)46(52)60-20-9-10-31-24-35(32(27-51)28-53-2)36(45(49)50)26-41(31)60)55-33-16-21-58(22-17-33)44(64)11-7-5-4-6-8-19-54-34-12-13-39-42(25-34)57(3)48(66)61(39)40-14-15-43(63)56-47(40)65/h12-13,24-28,33,40,45,52,54-55H,4-11,14-23,29,51H2,1-3H3,(H,56,63,65). The lowest BCUT2D eigenvalue weighted by Gasteiger charge is -2.39. The second kappa shape index (κ2) is 21.3. The fraction of sp³-hybridized carbons (Fsp3) is 0.521. The Labute approximate surface area is 383 Å². The van der Waals surface area contributed by atoms with Crippen LogP contribution in [0.3, 0.4) is 0 Å². The molecule has 18 heteroatoms. The average molecular weight is 912 g/mol. The molecule has 6 N–H and O–H groups in total. The number of carbonyl (C=O) groups is 4. The molecule has 0 aliphatic carbocycles. The molecule has 2 fully saturated rings. The number of nitrogens with one attached hydrogen (secondary N) is 4. The molecule has 2 saturated heterocycles. The number of aromatic nitrogens is 2. The van der Waals surface area contributed by atoms with Gasteiger partial charge in [0.05, 0.1) is 17.6 Å². The van der Waals surface area contributed by atoms with Crippen molar-refractivity contribution in [2.45, 2.75) is 109 Å². The molecule has 5 heterocycles. The van der Waals surface area contributed by atoms with Crippen molar-refractivity contribution in [2.75, 3.05) is 56.5 Å². The number of piperidine rings is 2. The first-order chi connectivity index (χ1) is 31.8. The van der Waals surface area contributed by atoms with Crippen LogP contribution in [0.15, 0.2) is 57.6 Å². The number of rotatable bonds is 16. The van der Waals surface area contributed by atoms with Gasteiger partial charge < -0.3 is 31.1 Å². The number of nitrogens with two attached hydrogens (primary N) is 1. The predicted molar refractivity (Wildman–Crippen MR) is 253 cm³/mol. The van der Waals surface area contributed by atoms with Gasteiger partial charge in [0.25, 0.3) is 6.43 Å². The highest BCUT2D eigenvalue weighted by Crippen LogP contribution is 2.38. The van der Waals surface area contributed by atoms with Crippen LogP contribution in [0.1, 0.15) is 113 Å². The van der Waals surface area contributed by atoms with Crippen LogP contribution >= 0.6 is 0 Å². The Bertz CT molecular complexity index is 2500. The Morgan fingerprint density at radius 1 is 0.955 bits per heavy atom. The number of anilines is 2. The summed E-state index contributed by atoms with van der Waals surface area (Å²) in [7, 11) is 3.24. The Morgan fingerprint density at radius 2 is 1.71 bits per heavy atom. The monoisotopic (exact) mass is 911 g/mol. The summed E-state index contributed by atoms with van der Waals surface area (Å²) in [5, 5.41) is 19.0. The van der Waals surface area contributed by atoms with Crippen LogP contribution in [0.25, 0.3) is 16.6 Å². The molecule has 1 unspecified atom stereocenters. The summed E-state index contributed by atoms with van der Waals surface area (Å²) in [6.45, 7) is 4.76. The molecule has 0 spiro atoms. The van der Waals surface area contributed by atoms with Crippen molar-refractivity contribution in [1.82, 2.24) is 29.6 Å². The second-order valence-electron chi connectivity index (χ2n) is 17.8. The summed E-state index contributed by atoms with van der Waals surface area (Å²) in [6, 6.07) is 8.23. The quantitative estimate of drug-likeness (QED) is 0.0531.